The highest BCUT2D eigenvalue weighted by Gasteiger charge is 2.27. The zero-order valence-corrected chi connectivity index (χ0v) is 12.0. The molecule has 21 heavy (non-hydrogen) atoms. The molecule has 1 amide bonds. The van der Waals surface area contributed by atoms with Crippen molar-refractivity contribution >= 4 is 5.91 Å². The predicted octanol–water partition coefficient (Wildman–Crippen LogP) is 3.23. The van der Waals surface area contributed by atoms with Crippen molar-refractivity contribution in [3.8, 4) is 0 Å². The first-order valence-corrected chi connectivity index (χ1v) is 7.49. The summed E-state index contributed by atoms with van der Waals surface area (Å²) in [5.74, 6) is 0.0562. The Labute approximate surface area is 124 Å². The lowest BCUT2D eigenvalue weighted by molar-refractivity contribution is 0.0680. The molecule has 3 rings (SSSR count). The second-order valence-corrected chi connectivity index (χ2v) is 5.41. The number of nitrogens with zero attached hydrogens (tertiary/aromatic N) is 3. The summed E-state index contributed by atoms with van der Waals surface area (Å²) in [4.78, 5) is 14.8. The Morgan fingerprint density at radius 1 is 1.05 bits per heavy atom. The molecule has 2 aromatic rings. The van der Waals surface area contributed by atoms with E-state index in [4.69, 9.17) is 0 Å². The summed E-state index contributed by atoms with van der Waals surface area (Å²) >= 11 is 0. The van der Waals surface area contributed by atoms with Crippen LogP contribution < -0.4 is 0 Å². The zero-order chi connectivity index (χ0) is 14.5. The highest BCUT2D eigenvalue weighted by Crippen LogP contribution is 2.31. The molecular weight excluding hydrogens is 262 g/mol. The summed E-state index contributed by atoms with van der Waals surface area (Å²) in [5, 5.41) is 7.57. The molecule has 4 heteroatoms. The maximum atomic E-state index is 12.8. The first kappa shape index (κ1) is 13.7. The van der Waals surface area contributed by atoms with E-state index in [9.17, 15) is 4.79 Å². The number of aromatic nitrogens is 2. The van der Waals surface area contributed by atoms with Gasteiger partial charge in [-0.05, 0) is 24.5 Å². The fraction of sp³-hybridized carbons (Fsp3) is 0.353. The van der Waals surface area contributed by atoms with Gasteiger partial charge in [0.05, 0.1) is 24.0 Å². The fourth-order valence-electron chi connectivity index (χ4n) is 2.96. The number of benzene rings is 1. The maximum absolute atomic E-state index is 12.8. The summed E-state index contributed by atoms with van der Waals surface area (Å²) < 4.78 is 0. The van der Waals surface area contributed by atoms with Gasteiger partial charge >= 0.3 is 0 Å². The third kappa shape index (κ3) is 3.10. The Morgan fingerprint density at radius 2 is 1.90 bits per heavy atom. The highest BCUT2D eigenvalue weighted by atomic mass is 16.2. The van der Waals surface area contributed by atoms with E-state index >= 15 is 0 Å². The molecule has 1 aromatic heterocycles. The van der Waals surface area contributed by atoms with Gasteiger partial charge in [0.2, 0.25) is 0 Å². The molecule has 1 saturated heterocycles. The number of rotatable bonds is 2. The van der Waals surface area contributed by atoms with E-state index in [0.717, 1.165) is 25.8 Å². The van der Waals surface area contributed by atoms with Crippen LogP contribution in [-0.4, -0.2) is 27.5 Å². The largest absolute Gasteiger partial charge is 0.332 e. The molecule has 1 fully saturated rings. The maximum Gasteiger partial charge on any atom is 0.256 e. The Bertz CT molecular complexity index is 585. The van der Waals surface area contributed by atoms with Crippen LogP contribution >= 0.6 is 0 Å². The summed E-state index contributed by atoms with van der Waals surface area (Å²) in [7, 11) is 0. The molecule has 0 spiro atoms. The first-order valence-electron chi connectivity index (χ1n) is 7.49. The molecule has 2 heterocycles. The minimum atomic E-state index is 0.0562. The van der Waals surface area contributed by atoms with Crippen molar-refractivity contribution in [1.82, 2.24) is 15.1 Å². The third-order valence-corrected chi connectivity index (χ3v) is 4.03. The molecule has 108 valence electrons. The number of carbonyl (C=O) groups is 1. The van der Waals surface area contributed by atoms with E-state index in [1.54, 1.807) is 18.5 Å². The van der Waals surface area contributed by atoms with Gasteiger partial charge in [-0.3, -0.25) is 4.79 Å². The lowest BCUT2D eigenvalue weighted by Crippen LogP contribution is -2.34. The number of amides is 1. The van der Waals surface area contributed by atoms with E-state index < -0.39 is 0 Å². The van der Waals surface area contributed by atoms with Gasteiger partial charge in [0.25, 0.3) is 5.91 Å². The Morgan fingerprint density at radius 3 is 2.67 bits per heavy atom. The van der Waals surface area contributed by atoms with E-state index in [1.807, 2.05) is 23.1 Å². The van der Waals surface area contributed by atoms with Crippen LogP contribution in [0.15, 0.2) is 48.8 Å². The van der Waals surface area contributed by atoms with Gasteiger partial charge in [-0.25, -0.2) is 0 Å². The number of hydrogen-bond acceptors (Lipinski definition) is 3. The Balaban J connectivity index is 1.91. The molecular formula is C17H19N3O. The van der Waals surface area contributed by atoms with Gasteiger partial charge < -0.3 is 4.90 Å². The molecule has 0 aliphatic carbocycles. The van der Waals surface area contributed by atoms with Crippen molar-refractivity contribution in [2.24, 2.45) is 0 Å². The Kier molecular flexibility index (Phi) is 4.24. The molecule has 1 aliphatic rings. The molecule has 0 bridgehead atoms. The van der Waals surface area contributed by atoms with E-state index in [1.165, 1.54) is 12.0 Å². The number of carbonyl (C=O) groups excluding carboxylic acids is 1. The van der Waals surface area contributed by atoms with E-state index in [-0.39, 0.29) is 11.9 Å². The molecule has 1 atom stereocenters. The van der Waals surface area contributed by atoms with E-state index in [0.29, 0.717) is 5.56 Å². The SMILES string of the molecule is O=C(c1ccnnc1)N1CCCCC[C@@H]1c1ccccc1. The predicted molar refractivity (Wildman–Crippen MR) is 80.7 cm³/mol. The van der Waals surface area contributed by atoms with Gasteiger partial charge in [0.15, 0.2) is 0 Å². The molecule has 0 saturated carbocycles. The van der Waals surface area contributed by atoms with Crippen molar-refractivity contribution in [3.63, 3.8) is 0 Å². The van der Waals surface area contributed by atoms with Crippen molar-refractivity contribution in [2.75, 3.05) is 6.54 Å². The van der Waals surface area contributed by atoms with Gasteiger partial charge in [0, 0.05) is 6.54 Å². The van der Waals surface area contributed by atoms with Crippen LogP contribution in [0.4, 0.5) is 0 Å². The second kappa shape index (κ2) is 6.48. The first-order chi connectivity index (χ1) is 10.4. The van der Waals surface area contributed by atoms with Crippen molar-refractivity contribution in [1.29, 1.82) is 0 Å². The molecule has 4 nitrogen and oxygen atoms in total. The highest BCUT2D eigenvalue weighted by molar-refractivity contribution is 5.94. The minimum Gasteiger partial charge on any atom is -0.332 e. The van der Waals surface area contributed by atoms with Crippen LogP contribution in [0.3, 0.4) is 0 Å². The topological polar surface area (TPSA) is 46.1 Å². The molecule has 0 unspecified atom stereocenters. The van der Waals surface area contributed by atoms with Crippen molar-refractivity contribution < 1.29 is 4.79 Å². The molecule has 0 radical (unpaired) electrons. The lowest BCUT2D eigenvalue weighted by atomic mass is 10.0. The zero-order valence-electron chi connectivity index (χ0n) is 12.0. The fourth-order valence-corrected chi connectivity index (χ4v) is 2.96. The lowest BCUT2D eigenvalue weighted by Gasteiger charge is -2.30. The average Bonchev–Trinajstić information content (AvgIpc) is 2.81. The van der Waals surface area contributed by atoms with Gasteiger partial charge in [0.1, 0.15) is 0 Å². The molecule has 0 N–H and O–H groups in total. The second-order valence-electron chi connectivity index (χ2n) is 5.41. The molecule has 1 aromatic carbocycles. The van der Waals surface area contributed by atoms with Crippen LogP contribution in [0.5, 0.6) is 0 Å². The van der Waals surface area contributed by atoms with Crippen LogP contribution in [0.1, 0.15) is 47.6 Å². The normalized spacial score (nSPS) is 19.0. The number of hydrogen-bond donors (Lipinski definition) is 0. The standard InChI is InChI=1S/C17H19N3O/c21-17(15-10-11-18-19-13-15)20-12-6-2-5-9-16(20)14-7-3-1-4-8-14/h1,3-4,7-8,10-11,13,16H,2,5-6,9,12H2/t16-/m1/s1. The average molecular weight is 281 g/mol. The molecule has 1 aliphatic heterocycles. The van der Waals surface area contributed by atoms with Crippen molar-refractivity contribution in [3.05, 3.63) is 59.9 Å². The van der Waals surface area contributed by atoms with E-state index in [2.05, 4.69) is 22.3 Å². The summed E-state index contributed by atoms with van der Waals surface area (Å²) in [6.45, 7) is 0.806. The van der Waals surface area contributed by atoms with Crippen molar-refractivity contribution in [2.45, 2.75) is 31.7 Å². The van der Waals surface area contributed by atoms with Gasteiger partial charge in [-0.2, -0.15) is 10.2 Å². The third-order valence-electron chi connectivity index (χ3n) is 4.03. The summed E-state index contributed by atoms with van der Waals surface area (Å²) in [6, 6.07) is 12.2. The van der Waals surface area contributed by atoms with Gasteiger partial charge in [-0.1, -0.05) is 43.2 Å². The Hall–Kier alpha value is -2.23. The van der Waals surface area contributed by atoms with Crippen LogP contribution in [0, 0.1) is 0 Å². The van der Waals surface area contributed by atoms with Gasteiger partial charge in [-0.15, -0.1) is 0 Å². The quantitative estimate of drug-likeness (QED) is 0.849. The number of likely N-dealkylation sites (tertiary alicyclic amines) is 1. The summed E-state index contributed by atoms with van der Waals surface area (Å²) in [6.07, 6.45) is 7.55. The minimum absolute atomic E-state index is 0.0562. The smallest absolute Gasteiger partial charge is 0.256 e. The monoisotopic (exact) mass is 281 g/mol. The van der Waals surface area contributed by atoms with Crippen LogP contribution in [-0.2, 0) is 0 Å². The van der Waals surface area contributed by atoms with Crippen LogP contribution in [0.25, 0.3) is 0 Å². The van der Waals surface area contributed by atoms with Crippen LogP contribution in [0.2, 0.25) is 0 Å². The summed E-state index contributed by atoms with van der Waals surface area (Å²) in [5.41, 5.74) is 1.84.